The molecule has 0 saturated carbocycles. The predicted molar refractivity (Wildman–Crippen MR) is 77.7 cm³/mol. The Hall–Kier alpha value is -2.69. The molecule has 100 valence electrons. The fourth-order valence-corrected chi connectivity index (χ4v) is 2.25. The van der Waals surface area contributed by atoms with Crippen molar-refractivity contribution in [2.75, 3.05) is 0 Å². The number of rotatable bonds is 1. The van der Waals surface area contributed by atoms with Crippen LogP contribution in [0.1, 0.15) is 0 Å². The van der Waals surface area contributed by atoms with Gasteiger partial charge in [-0.1, -0.05) is 30.3 Å². The number of fused-ring (bicyclic) bond motifs is 1. The van der Waals surface area contributed by atoms with E-state index >= 15 is 0 Å². The SMILES string of the molecule is Cn1c(=O)c2cc(-c3ccccc3)cnc2n(C)c1=O. The third kappa shape index (κ3) is 1.75. The molecule has 0 aliphatic heterocycles. The summed E-state index contributed by atoms with van der Waals surface area (Å²) in [6, 6.07) is 11.5. The molecule has 20 heavy (non-hydrogen) atoms. The number of hydrogen-bond donors (Lipinski definition) is 0. The van der Waals surface area contributed by atoms with Crippen LogP contribution in [0.15, 0.2) is 52.2 Å². The van der Waals surface area contributed by atoms with Gasteiger partial charge in [0.2, 0.25) is 0 Å². The zero-order valence-corrected chi connectivity index (χ0v) is 11.2. The first-order valence-corrected chi connectivity index (χ1v) is 6.21. The highest BCUT2D eigenvalue weighted by Gasteiger charge is 2.10. The summed E-state index contributed by atoms with van der Waals surface area (Å²) in [4.78, 5) is 28.3. The summed E-state index contributed by atoms with van der Waals surface area (Å²) in [5.74, 6) is 0. The highest BCUT2D eigenvalue weighted by molar-refractivity contribution is 5.80. The van der Waals surface area contributed by atoms with Crippen LogP contribution in [-0.2, 0) is 14.1 Å². The van der Waals surface area contributed by atoms with Gasteiger partial charge in [0.25, 0.3) is 5.56 Å². The highest BCUT2D eigenvalue weighted by atomic mass is 16.2. The van der Waals surface area contributed by atoms with E-state index in [9.17, 15) is 9.59 Å². The third-order valence-electron chi connectivity index (χ3n) is 3.40. The van der Waals surface area contributed by atoms with E-state index in [1.807, 2.05) is 30.3 Å². The number of pyridine rings is 1. The molecule has 3 rings (SSSR count). The highest BCUT2D eigenvalue weighted by Crippen LogP contribution is 2.20. The van der Waals surface area contributed by atoms with Crippen LogP contribution in [0.4, 0.5) is 0 Å². The Labute approximate surface area is 114 Å². The van der Waals surface area contributed by atoms with E-state index in [1.165, 1.54) is 11.6 Å². The standard InChI is InChI=1S/C15H13N3O2/c1-17-13-12(14(19)18(2)15(17)20)8-11(9-16-13)10-6-4-3-5-7-10/h3-9H,1-2H3. The summed E-state index contributed by atoms with van der Waals surface area (Å²) >= 11 is 0. The molecule has 5 heteroatoms. The first kappa shape index (κ1) is 12.3. The molecule has 0 aliphatic carbocycles. The summed E-state index contributed by atoms with van der Waals surface area (Å²) in [6.07, 6.45) is 1.68. The van der Waals surface area contributed by atoms with E-state index in [2.05, 4.69) is 4.98 Å². The van der Waals surface area contributed by atoms with Gasteiger partial charge in [0.15, 0.2) is 0 Å². The molecular formula is C15H13N3O2. The van der Waals surface area contributed by atoms with Crippen LogP contribution >= 0.6 is 0 Å². The zero-order valence-electron chi connectivity index (χ0n) is 11.2. The van der Waals surface area contributed by atoms with Crippen molar-refractivity contribution >= 4 is 11.0 Å². The van der Waals surface area contributed by atoms with Crippen LogP contribution < -0.4 is 11.2 Å². The van der Waals surface area contributed by atoms with Gasteiger partial charge in [-0.15, -0.1) is 0 Å². The molecule has 0 spiro atoms. The van der Waals surface area contributed by atoms with Crippen molar-refractivity contribution in [3.63, 3.8) is 0 Å². The Bertz CT molecular complexity index is 908. The van der Waals surface area contributed by atoms with E-state index < -0.39 is 0 Å². The van der Waals surface area contributed by atoms with Crippen molar-refractivity contribution in [3.8, 4) is 11.1 Å². The van der Waals surface area contributed by atoms with Gasteiger partial charge in [0.1, 0.15) is 5.65 Å². The van der Waals surface area contributed by atoms with Crippen LogP contribution in [-0.4, -0.2) is 14.1 Å². The summed E-state index contributed by atoms with van der Waals surface area (Å²) < 4.78 is 2.48. The molecule has 0 unspecified atom stereocenters. The van der Waals surface area contributed by atoms with Gasteiger partial charge >= 0.3 is 5.69 Å². The summed E-state index contributed by atoms with van der Waals surface area (Å²) in [6.45, 7) is 0. The Morgan fingerprint density at radius 3 is 2.35 bits per heavy atom. The lowest BCUT2D eigenvalue weighted by Gasteiger charge is -2.08. The fraction of sp³-hybridized carbons (Fsp3) is 0.133. The molecule has 0 aliphatic rings. The first-order valence-electron chi connectivity index (χ1n) is 6.21. The smallest absolute Gasteiger partial charge is 0.280 e. The predicted octanol–water partition coefficient (Wildman–Crippen LogP) is 1.30. The van der Waals surface area contributed by atoms with E-state index in [-0.39, 0.29) is 11.2 Å². The molecule has 0 amide bonds. The van der Waals surface area contributed by atoms with E-state index in [4.69, 9.17) is 0 Å². The molecule has 1 aromatic carbocycles. The maximum Gasteiger partial charge on any atom is 0.332 e. The number of benzene rings is 1. The average Bonchev–Trinajstić information content (AvgIpc) is 2.51. The van der Waals surface area contributed by atoms with Crippen molar-refractivity contribution in [1.82, 2.24) is 14.1 Å². The largest absolute Gasteiger partial charge is 0.332 e. The van der Waals surface area contributed by atoms with Crippen molar-refractivity contribution in [1.29, 1.82) is 0 Å². The lowest BCUT2D eigenvalue weighted by atomic mass is 10.1. The van der Waals surface area contributed by atoms with Crippen molar-refractivity contribution in [3.05, 3.63) is 63.4 Å². The fourth-order valence-electron chi connectivity index (χ4n) is 2.25. The molecule has 0 fully saturated rings. The molecular weight excluding hydrogens is 254 g/mol. The third-order valence-corrected chi connectivity index (χ3v) is 3.40. The molecule has 0 saturated heterocycles. The molecule has 0 radical (unpaired) electrons. The average molecular weight is 267 g/mol. The van der Waals surface area contributed by atoms with Crippen LogP contribution in [0, 0.1) is 0 Å². The lowest BCUT2D eigenvalue weighted by Crippen LogP contribution is -2.37. The number of aryl methyl sites for hydroxylation is 1. The number of hydrogen-bond acceptors (Lipinski definition) is 3. The van der Waals surface area contributed by atoms with Crippen LogP contribution in [0.25, 0.3) is 22.2 Å². The van der Waals surface area contributed by atoms with E-state index in [0.717, 1.165) is 15.7 Å². The van der Waals surface area contributed by atoms with Crippen LogP contribution in [0.2, 0.25) is 0 Å². The molecule has 2 aromatic heterocycles. The van der Waals surface area contributed by atoms with Gasteiger partial charge in [0, 0.05) is 25.9 Å². The minimum atomic E-state index is -0.373. The molecule has 0 atom stereocenters. The number of aromatic nitrogens is 3. The van der Waals surface area contributed by atoms with Gasteiger partial charge < -0.3 is 0 Å². The normalized spacial score (nSPS) is 10.9. The summed E-state index contributed by atoms with van der Waals surface area (Å²) in [5.41, 5.74) is 1.54. The molecule has 5 nitrogen and oxygen atoms in total. The quantitative estimate of drug-likeness (QED) is 0.667. The van der Waals surface area contributed by atoms with Gasteiger partial charge in [-0.05, 0) is 11.6 Å². The molecule has 0 N–H and O–H groups in total. The van der Waals surface area contributed by atoms with Gasteiger partial charge in [-0.25, -0.2) is 9.78 Å². The van der Waals surface area contributed by atoms with Crippen molar-refractivity contribution in [2.45, 2.75) is 0 Å². The second-order valence-electron chi connectivity index (χ2n) is 4.67. The summed E-state index contributed by atoms with van der Waals surface area (Å²) in [7, 11) is 3.08. The topological polar surface area (TPSA) is 56.9 Å². The Balaban J connectivity index is 2.38. The Morgan fingerprint density at radius 2 is 1.65 bits per heavy atom. The minimum Gasteiger partial charge on any atom is -0.280 e. The van der Waals surface area contributed by atoms with Gasteiger partial charge in [0.05, 0.1) is 5.39 Å². The number of nitrogens with zero attached hydrogens (tertiary/aromatic N) is 3. The maximum absolute atomic E-state index is 12.2. The van der Waals surface area contributed by atoms with Gasteiger partial charge in [-0.3, -0.25) is 13.9 Å². The molecule has 0 bridgehead atoms. The van der Waals surface area contributed by atoms with Gasteiger partial charge in [-0.2, -0.15) is 0 Å². The van der Waals surface area contributed by atoms with Crippen LogP contribution in [0.5, 0.6) is 0 Å². The lowest BCUT2D eigenvalue weighted by molar-refractivity contribution is 0.708. The summed E-state index contributed by atoms with van der Waals surface area (Å²) in [5, 5.41) is 0.441. The van der Waals surface area contributed by atoms with Crippen LogP contribution in [0.3, 0.4) is 0 Å². The Kier molecular flexibility index (Phi) is 2.75. The second kappa shape index (κ2) is 4.45. The van der Waals surface area contributed by atoms with Crippen molar-refractivity contribution in [2.24, 2.45) is 14.1 Å². The second-order valence-corrected chi connectivity index (χ2v) is 4.67. The maximum atomic E-state index is 12.2. The molecule has 3 aromatic rings. The van der Waals surface area contributed by atoms with Crippen molar-refractivity contribution < 1.29 is 0 Å². The zero-order chi connectivity index (χ0) is 14.3. The first-order chi connectivity index (χ1) is 9.59. The Morgan fingerprint density at radius 1 is 0.950 bits per heavy atom. The molecule has 2 heterocycles. The van der Waals surface area contributed by atoms with E-state index in [1.54, 1.807) is 19.3 Å². The monoisotopic (exact) mass is 267 g/mol. The minimum absolute atomic E-state index is 0.326. The van der Waals surface area contributed by atoms with E-state index in [0.29, 0.717) is 11.0 Å².